The number of amides is 1. The van der Waals surface area contributed by atoms with Crippen molar-refractivity contribution in [1.82, 2.24) is 15.3 Å². The highest BCUT2D eigenvalue weighted by Crippen LogP contribution is 2.26. The number of aryl methyl sites for hydroxylation is 1. The molecule has 1 N–H and O–H groups in total. The second-order valence-corrected chi connectivity index (χ2v) is 6.85. The third-order valence-corrected chi connectivity index (χ3v) is 4.98. The molecular weight excluding hydrogens is 378 g/mol. The van der Waals surface area contributed by atoms with E-state index in [1.807, 2.05) is 42.5 Å². The van der Waals surface area contributed by atoms with Crippen molar-refractivity contribution in [3.63, 3.8) is 0 Å². The minimum absolute atomic E-state index is 0.316. The topological polar surface area (TPSA) is 90.4 Å². The molecule has 0 atom stereocenters. The van der Waals surface area contributed by atoms with Gasteiger partial charge in [0.05, 0.1) is 18.5 Å². The molecule has 8 heteroatoms. The maximum absolute atomic E-state index is 12.3. The molecule has 0 unspecified atom stereocenters. The SMILES string of the molecule is COc1cccc(CNC(=O)COC(=O)c2sc(-c3ccccn3)nc2C)c1. The summed E-state index contributed by atoms with van der Waals surface area (Å²) in [5.74, 6) is -0.250. The van der Waals surface area contributed by atoms with Crippen LogP contribution < -0.4 is 10.1 Å². The number of nitrogens with zero attached hydrogens (tertiary/aromatic N) is 2. The molecule has 28 heavy (non-hydrogen) atoms. The Morgan fingerprint density at radius 2 is 2.04 bits per heavy atom. The molecule has 0 spiro atoms. The highest BCUT2D eigenvalue weighted by atomic mass is 32.1. The first-order valence-corrected chi connectivity index (χ1v) is 9.34. The summed E-state index contributed by atoms with van der Waals surface area (Å²) in [4.78, 5) is 33.2. The number of ether oxygens (including phenoxy) is 2. The van der Waals surface area contributed by atoms with Crippen molar-refractivity contribution in [2.24, 2.45) is 0 Å². The van der Waals surface area contributed by atoms with Crippen LogP contribution in [0.1, 0.15) is 20.9 Å². The Morgan fingerprint density at radius 3 is 2.79 bits per heavy atom. The third kappa shape index (κ3) is 4.92. The molecule has 0 fully saturated rings. The fourth-order valence-electron chi connectivity index (χ4n) is 2.42. The zero-order valence-electron chi connectivity index (χ0n) is 15.5. The summed E-state index contributed by atoms with van der Waals surface area (Å²) in [5, 5.41) is 3.34. The molecular formula is C20H19N3O4S. The van der Waals surface area contributed by atoms with E-state index in [9.17, 15) is 9.59 Å². The van der Waals surface area contributed by atoms with Crippen molar-refractivity contribution in [2.75, 3.05) is 13.7 Å². The van der Waals surface area contributed by atoms with Gasteiger partial charge in [0.25, 0.3) is 5.91 Å². The van der Waals surface area contributed by atoms with Gasteiger partial charge in [-0.15, -0.1) is 11.3 Å². The molecule has 3 aromatic rings. The monoisotopic (exact) mass is 397 g/mol. The summed E-state index contributed by atoms with van der Waals surface area (Å²) < 4.78 is 10.3. The summed E-state index contributed by atoms with van der Waals surface area (Å²) in [7, 11) is 1.58. The van der Waals surface area contributed by atoms with Crippen LogP contribution >= 0.6 is 11.3 Å². The fourth-order valence-corrected chi connectivity index (χ4v) is 3.35. The molecule has 0 aliphatic heterocycles. The van der Waals surface area contributed by atoms with Gasteiger partial charge in [0.1, 0.15) is 15.6 Å². The zero-order valence-corrected chi connectivity index (χ0v) is 16.3. The van der Waals surface area contributed by atoms with Crippen molar-refractivity contribution in [1.29, 1.82) is 0 Å². The maximum Gasteiger partial charge on any atom is 0.350 e. The Hall–Kier alpha value is -3.26. The van der Waals surface area contributed by atoms with Crippen LogP contribution in [-0.2, 0) is 16.1 Å². The van der Waals surface area contributed by atoms with E-state index in [1.165, 1.54) is 11.3 Å². The Morgan fingerprint density at radius 1 is 1.18 bits per heavy atom. The lowest BCUT2D eigenvalue weighted by Gasteiger charge is -2.07. The molecule has 2 aromatic heterocycles. The number of esters is 1. The van der Waals surface area contributed by atoms with E-state index in [1.54, 1.807) is 20.2 Å². The molecule has 144 valence electrons. The van der Waals surface area contributed by atoms with Gasteiger partial charge >= 0.3 is 5.97 Å². The number of hydrogen-bond acceptors (Lipinski definition) is 7. The zero-order chi connectivity index (χ0) is 19.9. The second-order valence-electron chi connectivity index (χ2n) is 5.85. The molecule has 0 saturated heterocycles. The highest BCUT2D eigenvalue weighted by molar-refractivity contribution is 7.17. The Kier molecular flexibility index (Phi) is 6.33. The third-order valence-electron chi connectivity index (χ3n) is 3.82. The summed E-state index contributed by atoms with van der Waals surface area (Å²) >= 11 is 1.19. The number of methoxy groups -OCH3 is 1. The van der Waals surface area contributed by atoms with Crippen LogP contribution in [0.25, 0.3) is 10.7 Å². The van der Waals surface area contributed by atoms with Crippen LogP contribution in [0.3, 0.4) is 0 Å². The van der Waals surface area contributed by atoms with E-state index in [0.717, 1.165) is 5.56 Å². The summed E-state index contributed by atoms with van der Waals surface area (Å²) in [5.41, 5.74) is 2.12. The number of carbonyl (C=O) groups excluding carboxylic acids is 2. The number of thiazole rings is 1. The number of nitrogens with one attached hydrogen (secondary N) is 1. The summed E-state index contributed by atoms with van der Waals surface area (Å²) in [6.45, 7) is 1.68. The Bertz CT molecular complexity index is 973. The number of aromatic nitrogens is 2. The van der Waals surface area contributed by atoms with Crippen molar-refractivity contribution in [3.8, 4) is 16.5 Å². The van der Waals surface area contributed by atoms with Crippen LogP contribution in [0, 0.1) is 6.92 Å². The van der Waals surface area contributed by atoms with E-state index in [0.29, 0.717) is 33.6 Å². The molecule has 0 aliphatic carbocycles. The van der Waals surface area contributed by atoms with Crippen LogP contribution in [0.2, 0.25) is 0 Å². The first kappa shape index (κ1) is 19.5. The number of rotatable bonds is 7. The largest absolute Gasteiger partial charge is 0.497 e. The predicted octanol–water partition coefficient (Wildman–Crippen LogP) is 3.00. The number of carbonyl (C=O) groups is 2. The van der Waals surface area contributed by atoms with Crippen molar-refractivity contribution < 1.29 is 19.1 Å². The van der Waals surface area contributed by atoms with Gasteiger partial charge in [-0.2, -0.15) is 0 Å². The summed E-state index contributed by atoms with van der Waals surface area (Å²) in [6.07, 6.45) is 1.66. The lowest BCUT2D eigenvalue weighted by molar-refractivity contribution is -0.124. The van der Waals surface area contributed by atoms with E-state index in [-0.39, 0.29) is 12.5 Å². The van der Waals surface area contributed by atoms with Gasteiger partial charge in [0.2, 0.25) is 0 Å². The quantitative estimate of drug-likeness (QED) is 0.617. The van der Waals surface area contributed by atoms with E-state index >= 15 is 0 Å². The van der Waals surface area contributed by atoms with Gasteiger partial charge in [0, 0.05) is 12.7 Å². The van der Waals surface area contributed by atoms with Crippen molar-refractivity contribution in [3.05, 3.63) is 64.8 Å². The lowest BCUT2D eigenvalue weighted by Crippen LogP contribution is -2.28. The van der Waals surface area contributed by atoms with Gasteiger partial charge in [-0.05, 0) is 36.8 Å². The van der Waals surface area contributed by atoms with Gasteiger partial charge in [-0.25, -0.2) is 9.78 Å². The molecule has 1 amide bonds. The van der Waals surface area contributed by atoms with Gasteiger partial charge in [-0.3, -0.25) is 9.78 Å². The first-order chi connectivity index (χ1) is 13.6. The Labute approximate surface area is 166 Å². The van der Waals surface area contributed by atoms with Crippen LogP contribution in [-0.4, -0.2) is 35.6 Å². The average molecular weight is 397 g/mol. The molecule has 0 bridgehead atoms. The van der Waals surface area contributed by atoms with Crippen molar-refractivity contribution >= 4 is 23.2 Å². The lowest BCUT2D eigenvalue weighted by atomic mass is 10.2. The van der Waals surface area contributed by atoms with E-state index < -0.39 is 5.97 Å². The van der Waals surface area contributed by atoms with E-state index in [4.69, 9.17) is 9.47 Å². The number of benzene rings is 1. The van der Waals surface area contributed by atoms with Crippen molar-refractivity contribution in [2.45, 2.75) is 13.5 Å². The van der Waals surface area contributed by atoms with Gasteiger partial charge in [0.15, 0.2) is 6.61 Å². The molecule has 3 rings (SSSR count). The normalized spacial score (nSPS) is 10.4. The number of pyridine rings is 1. The fraction of sp³-hybridized carbons (Fsp3) is 0.200. The summed E-state index contributed by atoms with van der Waals surface area (Å²) in [6, 6.07) is 12.8. The van der Waals surface area contributed by atoms with Crippen LogP contribution in [0.4, 0.5) is 0 Å². The molecule has 7 nitrogen and oxygen atoms in total. The average Bonchev–Trinajstić information content (AvgIpc) is 3.13. The number of hydrogen-bond donors (Lipinski definition) is 1. The molecule has 0 saturated carbocycles. The molecule has 0 radical (unpaired) electrons. The maximum atomic E-state index is 12.3. The first-order valence-electron chi connectivity index (χ1n) is 8.52. The molecule has 1 aromatic carbocycles. The Balaban J connectivity index is 1.53. The highest BCUT2D eigenvalue weighted by Gasteiger charge is 2.19. The molecule has 2 heterocycles. The molecule has 0 aliphatic rings. The van der Waals surface area contributed by atoms with E-state index in [2.05, 4.69) is 15.3 Å². The van der Waals surface area contributed by atoms with Crippen LogP contribution in [0.5, 0.6) is 5.75 Å². The second kappa shape index (κ2) is 9.09. The van der Waals surface area contributed by atoms with Gasteiger partial charge in [-0.1, -0.05) is 18.2 Å². The predicted molar refractivity (Wildman–Crippen MR) is 105 cm³/mol. The van der Waals surface area contributed by atoms with Crippen LogP contribution in [0.15, 0.2) is 48.7 Å². The minimum atomic E-state index is -0.575. The standard InChI is InChI=1S/C20H19N3O4S/c1-13-18(28-19(23-13)16-8-3-4-9-21-16)20(25)27-12-17(24)22-11-14-6-5-7-15(10-14)26-2/h3-10H,11-12H2,1-2H3,(H,22,24). The van der Waals surface area contributed by atoms with Gasteiger partial charge < -0.3 is 14.8 Å². The smallest absolute Gasteiger partial charge is 0.350 e. The minimum Gasteiger partial charge on any atom is -0.497 e.